The summed E-state index contributed by atoms with van der Waals surface area (Å²) >= 11 is 0. The molecule has 0 saturated carbocycles. The molecule has 0 saturated heterocycles. The maximum Gasteiger partial charge on any atom is 0.306 e. The average Bonchev–Trinajstić information content (AvgIpc) is 1.95. The number of rotatable bonds is 2. The minimum absolute atomic E-state index is 0.523. The Morgan fingerprint density at radius 2 is 1.57 bits per heavy atom. The van der Waals surface area contributed by atoms with Gasteiger partial charge in [0.05, 0.1) is 0 Å². The second-order valence-corrected chi connectivity index (χ2v) is 4.93. The quantitative estimate of drug-likeness (QED) is 0.711. The second kappa shape index (κ2) is 3.69. The Hall–Kier alpha value is -0.900. The van der Waals surface area contributed by atoms with Gasteiger partial charge >= 0.3 is 10.2 Å². The van der Waals surface area contributed by atoms with Crippen molar-refractivity contribution in [2.24, 2.45) is 0 Å². The molecular weight excluding hydrogens is 203 g/mol. The highest BCUT2D eigenvalue weighted by atomic mass is 32.3. The Balaban J connectivity index is 3.22. The third-order valence-electron chi connectivity index (χ3n) is 2.16. The highest BCUT2D eigenvalue weighted by Gasteiger charge is 2.13. The van der Waals surface area contributed by atoms with Crippen LogP contribution in [0.15, 0.2) is 12.1 Å². The summed E-state index contributed by atoms with van der Waals surface area (Å²) in [6.07, 6.45) is 0. The van der Waals surface area contributed by atoms with Gasteiger partial charge in [-0.3, -0.25) is 0 Å². The summed E-state index contributed by atoms with van der Waals surface area (Å²) in [6, 6.07) is 3.71. The van der Waals surface area contributed by atoms with Crippen LogP contribution in [0.2, 0.25) is 0 Å². The summed E-state index contributed by atoms with van der Waals surface area (Å²) < 4.78 is 33.6. The smallest absolute Gasteiger partial charge is 0.194 e. The normalized spacial score (nSPS) is 11.7. The summed E-state index contributed by atoms with van der Waals surface area (Å²) in [5.41, 5.74) is 3.27. The molecule has 0 spiro atoms. The molecule has 0 heterocycles. The van der Waals surface area contributed by atoms with Crippen LogP contribution in [0.1, 0.15) is 22.3 Å². The Morgan fingerprint density at radius 3 is 1.93 bits per heavy atom. The Bertz CT molecular complexity index is 426. The lowest BCUT2D eigenvalue weighted by Gasteiger charge is -2.08. The first-order chi connectivity index (χ1) is 6.29. The van der Waals surface area contributed by atoms with Crippen LogP contribution >= 0.6 is 0 Å². The number of hydrogen-bond acceptors (Lipinski definition) is 2. The predicted octanol–water partition coefficient (Wildman–Crippen LogP) is 2.41. The van der Waals surface area contributed by atoms with Gasteiger partial charge in [-0.1, -0.05) is 17.7 Å². The lowest BCUT2D eigenvalue weighted by atomic mass is 10.0. The highest BCUT2D eigenvalue weighted by Crippen LogP contribution is 2.19. The van der Waals surface area contributed by atoms with Crippen LogP contribution in [0.5, 0.6) is 0 Å². The van der Waals surface area contributed by atoms with E-state index in [1.54, 1.807) is 13.8 Å². The van der Waals surface area contributed by atoms with Gasteiger partial charge in [0, 0.05) is 0 Å². The first kappa shape index (κ1) is 11.2. The van der Waals surface area contributed by atoms with E-state index in [0.29, 0.717) is 5.56 Å². The van der Waals surface area contributed by atoms with Crippen LogP contribution in [-0.2, 0) is 16.0 Å². The largest absolute Gasteiger partial charge is 0.306 e. The van der Waals surface area contributed by atoms with Gasteiger partial charge in [-0.2, -0.15) is 8.42 Å². The van der Waals surface area contributed by atoms with E-state index in [2.05, 4.69) is 0 Å². The molecule has 0 aliphatic rings. The monoisotopic (exact) mass is 216 g/mol. The molecule has 0 radical (unpaired) electrons. The highest BCUT2D eigenvalue weighted by molar-refractivity contribution is 7.85. The molecule has 0 bridgehead atoms. The van der Waals surface area contributed by atoms with E-state index < -0.39 is 16.0 Å². The Kier molecular flexibility index (Phi) is 2.95. The maximum atomic E-state index is 12.5. The van der Waals surface area contributed by atoms with Crippen LogP contribution in [-0.4, -0.2) is 8.42 Å². The van der Waals surface area contributed by atoms with E-state index in [1.807, 2.05) is 19.1 Å². The summed E-state index contributed by atoms with van der Waals surface area (Å²) in [7, 11) is -4.44. The summed E-state index contributed by atoms with van der Waals surface area (Å²) in [5.74, 6) is -0.523. The lowest BCUT2D eigenvalue weighted by Crippen LogP contribution is -2.01. The summed E-state index contributed by atoms with van der Waals surface area (Å²) in [5, 5.41) is 0. The number of aryl methyl sites for hydroxylation is 3. The molecule has 1 aromatic rings. The fourth-order valence-corrected chi connectivity index (χ4v) is 2.41. The zero-order chi connectivity index (χ0) is 10.9. The van der Waals surface area contributed by atoms with Crippen LogP contribution in [0, 0.1) is 20.8 Å². The molecule has 0 unspecified atom stereocenters. The molecule has 14 heavy (non-hydrogen) atoms. The van der Waals surface area contributed by atoms with Crippen molar-refractivity contribution in [2.75, 3.05) is 0 Å². The molecule has 0 aromatic heterocycles. The van der Waals surface area contributed by atoms with Gasteiger partial charge in [-0.25, -0.2) is 0 Å². The standard InChI is InChI=1S/C10H13FO2S/c1-7-4-8(2)10(9(3)5-7)6-14(11,12)13/h4-5H,6H2,1-3H3. The molecule has 0 atom stereocenters. The minimum atomic E-state index is -4.44. The van der Waals surface area contributed by atoms with Gasteiger partial charge in [0.15, 0.2) is 0 Å². The zero-order valence-electron chi connectivity index (χ0n) is 8.46. The van der Waals surface area contributed by atoms with E-state index >= 15 is 0 Å². The Labute approximate surface area is 84.0 Å². The van der Waals surface area contributed by atoms with Crippen LogP contribution in [0.4, 0.5) is 3.89 Å². The van der Waals surface area contributed by atoms with Crippen molar-refractivity contribution in [3.63, 3.8) is 0 Å². The van der Waals surface area contributed by atoms with Gasteiger partial charge < -0.3 is 0 Å². The number of benzene rings is 1. The van der Waals surface area contributed by atoms with Crippen molar-refractivity contribution in [1.82, 2.24) is 0 Å². The molecule has 0 fully saturated rings. The third-order valence-corrected chi connectivity index (χ3v) is 2.79. The van der Waals surface area contributed by atoms with Crippen molar-refractivity contribution >= 4 is 10.2 Å². The van der Waals surface area contributed by atoms with Crippen molar-refractivity contribution in [3.8, 4) is 0 Å². The molecule has 0 amide bonds. The Morgan fingerprint density at radius 1 is 1.14 bits per heavy atom. The molecule has 0 N–H and O–H groups in total. The van der Waals surface area contributed by atoms with Gasteiger partial charge in [-0.05, 0) is 37.5 Å². The minimum Gasteiger partial charge on any atom is -0.194 e. The van der Waals surface area contributed by atoms with Gasteiger partial charge in [0.25, 0.3) is 0 Å². The van der Waals surface area contributed by atoms with Crippen LogP contribution in [0.3, 0.4) is 0 Å². The molecule has 78 valence electrons. The SMILES string of the molecule is Cc1cc(C)c(CS(=O)(=O)F)c(C)c1. The van der Waals surface area contributed by atoms with Crippen molar-refractivity contribution in [1.29, 1.82) is 0 Å². The second-order valence-electron chi connectivity index (χ2n) is 3.56. The van der Waals surface area contributed by atoms with Crippen molar-refractivity contribution in [2.45, 2.75) is 26.5 Å². The molecule has 0 aliphatic carbocycles. The van der Waals surface area contributed by atoms with E-state index in [0.717, 1.165) is 16.7 Å². The first-order valence-electron chi connectivity index (χ1n) is 4.28. The van der Waals surface area contributed by atoms with E-state index in [4.69, 9.17) is 0 Å². The lowest BCUT2D eigenvalue weighted by molar-refractivity contribution is 0.550. The predicted molar refractivity (Wildman–Crippen MR) is 54.4 cm³/mol. The molecule has 1 rings (SSSR count). The molecule has 1 aromatic carbocycles. The van der Waals surface area contributed by atoms with E-state index in [1.165, 1.54) is 0 Å². The first-order valence-corrected chi connectivity index (χ1v) is 5.84. The van der Waals surface area contributed by atoms with E-state index in [-0.39, 0.29) is 0 Å². The molecule has 2 nitrogen and oxygen atoms in total. The summed E-state index contributed by atoms with van der Waals surface area (Å²) in [4.78, 5) is 0. The van der Waals surface area contributed by atoms with Gasteiger partial charge in [-0.15, -0.1) is 3.89 Å². The number of halogens is 1. The average molecular weight is 216 g/mol. The van der Waals surface area contributed by atoms with Gasteiger partial charge in [0.2, 0.25) is 0 Å². The van der Waals surface area contributed by atoms with Gasteiger partial charge in [0.1, 0.15) is 5.75 Å². The molecule has 0 aliphatic heterocycles. The summed E-state index contributed by atoms with van der Waals surface area (Å²) in [6.45, 7) is 5.51. The van der Waals surface area contributed by atoms with Crippen LogP contribution in [0.25, 0.3) is 0 Å². The zero-order valence-corrected chi connectivity index (χ0v) is 9.28. The number of hydrogen-bond donors (Lipinski definition) is 0. The third kappa shape index (κ3) is 2.80. The van der Waals surface area contributed by atoms with E-state index in [9.17, 15) is 12.3 Å². The molecular formula is C10H13FO2S. The topological polar surface area (TPSA) is 34.1 Å². The van der Waals surface area contributed by atoms with Crippen molar-refractivity contribution in [3.05, 3.63) is 34.4 Å². The maximum absolute atomic E-state index is 12.5. The fraction of sp³-hybridized carbons (Fsp3) is 0.400. The van der Waals surface area contributed by atoms with Crippen molar-refractivity contribution < 1.29 is 12.3 Å². The van der Waals surface area contributed by atoms with Crippen LogP contribution < -0.4 is 0 Å². The fourth-order valence-electron chi connectivity index (χ4n) is 1.61. The molecule has 4 heteroatoms.